The monoisotopic (exact) mass is 248 g/mol. The van der Waals surface area contributed by atoms with Gasteiger partial charge >= 0.3 is 0 Å². The molecular weight excluding hydrogens is 228 g/mol. The van der Waals surface area contributed by atoms with Crippen LogP contribution in [0.5, 0.6) is 0 Å². The first-order chi connectivity index (χ1) is 8.70. The summed E-state index contributed by atoms with van der Waals surface area (Å²) in [6, 6.07) is 0.275. The molecule has 2 rings (SSSR count). The van der Waals surface area contributed by atoms with Gasteiger partial charge in [-0.25, -0.2) is 9.97 Å². The van der Waals surface area contributed by atoms with E-state index < -0.39 is 0 Å². The number of carbonyl (C=O) groups excluding carboxylic acids is 1. The molecule has 0 saturated heterocycles. The fourth-order valence-corrected chi connectivity index (χ4v) is 2.35. The Morgan fingerprint density at radius 2 is 2.06 bits per heavy atom. The number of hydrogen-bond donors (Lipinski definition) is 2. The number of hydrogen-bond acceptors (Lipinski definition) is 4. The first-order valence-corrected chi connectivity index (χ1v) is 6.51. The van der Waals surface area contributed by atoms with E-state index >= 15 is 0 Å². The van der Waals surface area contributed by atoms with E-state index in [1.165, 1.54) is 25.5 Å². The van der Waals surface area contributed by atoms with Crippen LogP contribution in [0.25, 0.3) is 0 Å². The van der Waals surface area contributed by atoms with Crippen LogP contribution >= 0.6 is 0 Å². The predicted octanol–water partition coefficient (Wildman–Crippen LogP) is 1.83. The Morgan fingerprint density at radius 3 is 2.67 bits per heavy atom. The van der Waals surface area contributed by atoms with E-state index in [0.717, 1.165) is 6.42 Å². The van der Waals surface area contributed by atoms with Gasteiger partial charge in [0.1, 0.15) is 11.5 Å². The van der Waals surface area contributed by atoms with Gasteiger partial charge in [0.2, 0.25) is 0 Å². The van der Waals surface area contributed by atoms with Crippen LogP contribution in [0.4, 0.5) is 5.82 Å². The van der Waals surface area contributed by atoms with E-state index in [4.69, 9.17) is 0 Å². The van der Waals surface area contributed by atoms with E-state index in [9.17, 15) is 4.79 Å². The highest BCUT2D eigenvalue weighted by Crippen LogP contribution is 2.23. The fraction of sp³-hybridized carbons (Fsp3) is 0.615. The van der Waals surface area contributed by atoms with Crippen molar-refractivity contribution in [1.29, 1.82) is 0 Å². The highest BCUT2D eigenvalue weighted by Gasteiger charge is 2.23. The molecule has 0 spiro atoms. The lowest BCUT2D eigenvalue weighted by molar-refractivity contribution is 0.0905. The van der Waals surface area contributed by atoms with Crippen molar-refractivity contribution < 1.29 is 4.79 Å². The third-order valence-electron chi connectivity index (χ3n) is 3.57. The molecule has 1 fully saturated rings. The summed E-state index contributed by atoms with van der Waals surface area (Å²) in [5.74, 6) is 1.09. The second-order valence-corrected chi connectivity index (χ2v) is 4.88. The van der Waals surface area contributed by atoms with E-state index in [2.05, 4.69) is 27.5 Å². The first-order valence-electron chi connectivity index (χ1n) is 6.51. The van der Waals surface area contributed by atoms with Gasteiger partial charge in [0.25, 0.3) is 5.91 Å². The number of nitrogens with zero attached hydrogens (tertiary/aromatic N) is 2. The lowest BCUT2D eigenvalue weighted by atomic mass is 9.86. The van der Waals surface area contributed by atoms with Crippen LogP contribution in [0.3, 0.4) is 0 Å². The minimum absolute atomic E-state index is 0.121. The molecule has 0 radical (unpaired) electrons. The molecule has 1 aliphatic carbocycles. The molecular formula is C13H20N4O. The van der Waals surface area contributed by atoms with E-state index in [0.29, 0.717) is 17.4 Å². The van der Waals surface area contributed by atoms with Gasteiger partial charge in [-0.15, -0.1) is 0 Å². The minimum atomic E-state index is -0.121. The van der Waals surface area contributed by atoms with Gasteiger partial charge < -0.3 is 10.6 Å². The first kappa shape index (κ1) is 12.8. The second kappa shape index (κ2) is 5.80. The van der Waals surface area contributed by atoms with E-state index in [1.807, 2.05) is 0 Å². The molecule has 18 heavy (non-hydrogen) atoms. The summed E-state index contributed by atoms with van der Waals surface area (Å²) in [7, 11) is 1.77. The van der Waals surface area contributed by atoms with Gasteiger partial charge in [0.05, 0.1) is 12.4 Å². The van der Waals surface area contributed by atoms with Gasteiger partial charge in [0, 0.05) is 13.1 Å². The maximum absolute atomic E-state index is 12.0. The summed E-state index contributed by atoms with van der Waals surface area (Å²) < 4.78 is 0. The lowest BCUT2D eigenvalue weighted by Gasteiger charge is -2.29. The molecule has 5 heteroatoms. The molecule has 1 aromatic heterocycles. The molecule has 0 bridgehead atoms. The van der Waals surface area contributed by atoms with Crippen molar-refractivity contribution in [2.75, 3.05) is 12.4 Å². The van der Waals surface area contributed by atoms with Gasteiger partial charge in [-0.2, -0.15) is 0 Å². The predicted molar refractivity (Wildman–Crippen MR) is 70.5 cm³/mol. The molecule has 0 aliphatic heterocycles. The SMILES string of the molecule is CNc1cnc(C(=O)NC2CCCCC2C)cn1. The zero-order valence-electron chi connectivity index (χ0n) is 10.9. The Hall–Kier alpha value is -1.65. The van der Waals surface area contributed by atoms with Crippen LogP contribution in [0.2, 0.25) is 0 Å². The number of nitrogens with one attached hydrogen (secondary N) is 2. The molecule has 98 valence electrons. The van der Waals surface area contributed by atoms with Crippen LogP contribution in [-0.2, 0) is 0 Å². The fourth-order valence-electron chi connectivity index (χ4n) is 2.35. The summed E-state index contributed by atoms with van der Waals surface area (Å²) in [6.45, 7) is 2.19. The molecule has 0 aromatic carbocycles. The van der Waals surface area contributed by atoms with E-state index in [1.54, 1.807) is 13.2 Å². The van der Waals surface area contributed by atoms with Crippen molar-refractivity contribution in [2.24, 2.45) is 5.92 Å². The standard InChI is InChI=1S/C13H20N4O/c1-9-5-3-4-6-10(9)17-13(18)11-7-16-12(14-2)8-15-11/h7-10H,3-6H2,1-2H3,(H,14,16)(H,17,18). The van der Waals surface area contributed by atoms with Crippen LogP contribution in [0.1, 0.15) is 43.1 Å². The van der Waals surface area contributed by atoms with Crippen LogP contribution in [0, 0.1) is 5.92 Å². The minimum Gasteiger partial charge on any atom is -0.372 e. The van der Waals surface area contributed by atoms with Gasteiger partial charge in [0.15, 0.2) is 0 Å². The second-order valence-electron chi connectivity index (χ2n) is 4.88. The zero-order chi connectivity index (χ0) is 13.0. The topological polar surface area (TPSA) is 66.9 Å². The smallest absolute Gasteiger partial charge is 0.271 e. The van der Waals surface area contributed by atoms with Crippen molar-refractivity contribution in [3.63, 3.8) is 0 Å². The quantitative estimate of drug-likeness (QED) is 0.856. The maximum Gasteiger partial charge on any atom is 0.271 e. The molecule has 2 N–H and O–H groups in total. The van der Waals surface area contributed by atoms with Gasteiger partial charge in [-0.1, -0.05) is 19.8 Å². The highest BCUT2D eigenvalue weighted by molar-refractivity contribution is 5.92. The summed E-state index contributed by atoms with van der Waals surface area (Å²) in [4.78, 5) is 20.2. The molecule has 5 nitrogen and oxygen atoms in total. The molecule has 1 saturated carbocycles. The van der Waals surface area contributed by atoms with Gasteiger partial charge in [-0.3, -0.25) is 4.79 Å². The highest BCUT2D eigenvalue weighted by atomic mass is 16.1. The number of anilines is 1. The Balaban J connectivity index is 1.97. The van der Waals surface area contributed by atoms with Crippen molar-refractivity contribution in [3.05, 3.63) is 18.1 Å². The zero-order valence-corrected chi connectivity index (χ0v) is 10.9. The Labute approximate surface area is 107 Å². The van der Waals surface area contributed by atoms with Crippen molar-refractivity contribution in [2.45, 2.75) is 38.6 Å². The molecule has 2 atom stereocenters. The van der Waals surface area contributed by atoms with Crippen molar-refractivity contribution in [1.82, 2.24) is 15.3 Å². The van der Waals surface area contributed by atoms with Crippen molar-refractivity contribution in [3.8, 4) is 0 Å². The summed E-state index contributed by atoms with van der Waals surface area (Å²) in [6.07, 6.45) is 7.79. The molecule has 1 aliphatic rings. The van der Waals surface area contributed by atoms with Crippen LogP contribution in [0.15, 0.2) is 12.4 Å². The lowest BCUT2D eigenvalue weighted by Crippen LogP contribution is -2.41. The third kappa shape index (κ3) is 2.97. The maximum atomic E-state index is 12.0. The van der Waals surface area contributed by atoms with Crippen LogP contribution < -0.4 is 10.6 Å². The number of rotatable bonds is 3. The number of amides is 1. The van der Waals surface area contributed by atoms with Crippen molar-refractivity contribution >= 4 is 11.7 Å². The molecule has 1 aromatic rings. The Morgan fingerprint density at radius 1 is 1.28 bits per heavy atom. The van der Waals surface area contributed by atoms with Gasteiger partial charge in [-0.05, 0) is 18.8 Å². The summed E-state index contributed by atoms with van der Waals surface area (Å²) in [5, 5.41) is 5.94. The number of carbonyl (C=O) groups is 1. The average molecular weight is 248 g/mol. The summed E-state index contributed by atoms with van der Waals surface area (Å²) in [5.41, 5.74) is 0.381. The average Bonchev–Trinajstić information content (AvgIpc) is 2.41. The molecule has 2 unspecified atom stereocenters. The summed E-state index contributed by atoms with van der Waals surface area (Å²) >= 11 is 0. The Kier molecular flexibility index (Phi) is 4.12. The largest absolute Gasteiger partial charge is 0.372 e. The Bertz CT molecular complexity index is 404. The molecule has 1 heterocycles. The molecule has 1 amide bonds. The normalized spacial score (nSPS) is 23.4. The third-order valence-corrected chi connectivity index (χ3v) is 3.57. The van der Waals surface area contributed by atoms with Crippen LogP contribution in [-0.4, -0.2) is 29.0 Å². The van der Waals surface area contributed by atoms with E-state index in [-0.39, 0.29) is 11.9 Å². The number of aromatic nitrogens is 2.